The zero-order chi connectivity index (χ0) is 10.7. The summed E-state index contributed by atoms with van der Waals surface area (Å²) >= 11 is 0. The average molecular weight is 205 g/mol. The highest BCUT2D eigenvalue weighted by Crippen LogP contribution is 2.20. The Hall–Kier alpha value is -1.17. The maximum absolute atomic E-state index is 12.9. The molecule has 3 atom stereocenters. The van der Waals surface area contributed by atoms with Crippen LogP contribution < -0.4 is 5.32 Å². The molecule has 3 unspecified atom stereocenters. The molecule has 0 aliphatic carbocycles. The van der Waals surface area contributed by atoms with Gasteiger partial charge in [-0.2, -0.15) is 0 Å². The number of nitrogens with one attached hydrogen (secondary N) is 1. The molecule has 1 aliphatic heterocycles. The first-order chi connectivity index (χ1) is 6.56. The number of carbonyl (C=O) groups is 2. The van der Waals surface area contributed by atoms with Gasteiger partial charge in [0, 0.05) is 6.54 Å². The van der Waals surface area contributed by atoms with Crippen molar-refractivity contribution in [1.29, 1.82) is 0 Å². The van der Waals surface area contributed by atoms with E-state index in [4.69, 9.17) is 5.11 Å². The van der Waals surface area contributed by atoms with Crippen LogP contribution in [0.5, 0.6) is 0 Å². The fourth-order valence-corrected chi connectivity index (χ4v) is 1.54. The number of carboxylic acid groups (broad SMARTS) is 1. The van der Waals surface area contributed by atoms with Gasteiger partial charge in [0.25, 0.3) is 0 Å². The second-order valence-electron chi connectivity index (χ2n) is 3.19. The van der Waals surface area contributed by atoms with Gasteiger partial charge in [-0.25, -0.2) is 4.39 Å². The van der Waals surface area contributed by atoms with Crippen LogP contribution in [0.2, 0.25) is 0 Å². The smallest absolute Gasteiger partial charge is 0.321 e. The van der Waals surface area contributed by atoms with E-state index in [2.05, 4.69) is 10.1 Å². The molecule has 0 saturated carbocycles. The van der Waals surface area contributed by atoms with Crippen LogP contribution in [0.25, 0.3) is 0 Å². The number of piperidine rings is 1. The topological polar surface area (TPSA) is 75.6 Å². The van der Waals surface area contributed by atoms with Gasteiger partial charge in [0.05, 0.1) is 13.0 Å². The minimum Gasteiger partial charge on any atom is -0.480 e. The number of hydrogen-bond donors (Lipinski definition) is 2. The number of hydrogen-bond acceptors (Lipinski definition) is 4. The van der Waals surface area contributed by atoms with Crippen LogP contribution in [0.3, 0.4) is 0 Å². The van der Waals surface area contributed by atoms with Crippen molar-refractivity contribution in [2.45, 2.75) is 18.6 Å². The van der Waals surface area contributed by atoms with Gasteiger partial charge in [-0.05, 0) is 6.42 Å². The van der Waals surface area contributed by atoms with E-state index in [-0.39, 0.29) is 13.0 Å². The number of alkyl halides is 1. The zero-order valence-corrected chi connectivity index (χ0v) is 7.70. The van der Waals surface area contributed by atoms with Crippen LogP contribution in [-0.2, 0) is 14.3 Å². The zero-order valence-electron chi connectivity index (χ0n) is 7.70. The summed E-state index contributed by atoms with van der Waals surface area (Å²) in [5.74, 6) is -2.79. The molecule has 0 radical (unpaired) electrons. The normalized spacial score (nSPS) is 32.3. The van der Waals surface area contributed by atoms with Crippen LogP contribution in [0.15, 0.2) is 0 Å². The Morgan fingerprint density at radius 1 is 1.57 bits per heavy atom. The number of carboxylic acids is 1. The highest BCUT2D eigenvalue weighted by molar-refractivity contribution is 5.83. The van der Waals surface area contributed by atoms with Gasteiger partial charge in [0.1, 0.15) is 12.2 Å². The van der Waals surface area contributed by atoms with Crippen molar-refractivity contribution >= 4 is 11.9 Å². The predicted molar refractivity (Wildman–Crippen MR) is 44.4 cm³/mol. The third-order valence-electron chi connectivity index (χ3n) is 2.24. The molecule has 1 fully saturated rings. The molecular weight excluding hydrogens is 193 g/mol. The first-order valence-corrected chi connectivity index (χ1v) is 4.24. The predicted octanol–water partition coefficient (Wildman–Crippen LogP) is -0.440. The summed E-state index contributed by atoms with van der Waals surface area (Å²) < 4.78 is 17.3. The molecule has 14 heavy (non-hydrogen) atoms. The molecule has 0 aromatic heterocycles. The van der Waals surface area contributed by atoms with Gasteiger partial charge in [-0.3, -0.25) is 9.59 Å². The molecule has 2 N–H and O–H groups in total. The molecule has 6 heteroatoms. The standard InChI is InChI=1S/C8H12FNO4/c1-14-8(13)5-2-4(9)3-10-6(5)7(11)12/h4-6,10H,2-3H2,1H3,(H,11,12). The highest BCUT2D eigenvalue weighted by atomic mass is 19.1. The SMILES string of the molecule is COC(=O)C1CC(F)CNC1C(=O)O. The molecule has 0 amide bonds. The van der Waals surface area contributed by atoms with E-state index in [1.807, 2.05) is 0 Å². The van der Waals surface area contributed by atoms with Crippen molar-refractivity contribution < 1.29 is 23.8 Å². The number of carbonyl (C=O) groups excluding carboxylic acids is 1. The van der Waals surface area contributed by atoms with Crippen molar-refractivity contribution in [3.63, 3.8) is 0 Å². The molecule has 1 aliphatic rings. The largest absolute Gasteiger partial charge is 0.480 e. The van der Waals surface area contributed by atoms with E-state index in [0.717, 1.165) is 7.11 Å². The van der Waals surface area contributed by atoms with Crippen LogP contribution in [0, 0.1) is 5.92 Å². The van der Waals surface area contributed by atoms with Gasteiger partial charge in [-0.15, -0.1) is 0 Å². The second kappa shape index (κ2) is 4.36. The lowest BCUT2D eigenvalue weighted by atomic mass is 9.90. The van der Waals surface area contributed by atoms with Crippen LogP contribution in [0.4, 0.5) is 4.39 Å². The Morgan fingerprint density at radius 2 is 2.21 bits per heavy atom. The van der Waals surface area contributed by atoms with Crippen molar-refractivity contribution in [2.75, 3.05) is 13.7 Å². The maximum atomic E-state index is 12.9. The summed E-state index contributed by atoms with van der Waals surface area (Å²) in [6, 6.07) is -1.05. The number of esters is 1. The molecule has 5 nitrogen and oxygen atoms in total. The summed E-state index contributed by atoms with van der Waals surface area (Å²) in [5, 5.41) is 11.2. The number of halogens is 1. The third kappa shape index (κ3) is 2.20. The number of methoxy groups -OCH3 is 1. The Balaban J connectivity index is 2.73. The first kappa shape index (κ1) is 10.9. The van der Waals surface area contributed by atoms with Gasteiger partial charge in [0.2, 0.25) is 0 Å². The quantitative estimate of drug-likeness (QED) is 0.598. The van der Waals surface area contributed by atoms with E-state index in [9.17, 15) is 14.0 Å². The molecule has 0 bridgehead atoms. The second-order valence-corrected chi connectivity index (χ2v) is 3.19. The molecule has 1 saturated heterocycles. The van der Waals surface area contributed by atoms with Crippen molar-refractivity contribution in [3.05, 3.63) is 0 Å². The van der Waals surface area contributed by atoms with Gasteiger partial charge < -0.3 is 15.2 Å². The fourth-order valence-electron chi connectivity index (χ4n) is 1.54. The summed E-state index contributed by atoms with van der Waals surface area (Å²) in [5.41, 5.74) is 0. The van der Waals surface area contributed by atoms with E-state index in [1.54, 1.807) is 0 Å². The van der Waals surface area contributed by atoms with Crippen molar-refractivity contribution in [3.8, 4) is 0 Å². The molecule has 1 rings (SSSR count). The fraction of sp³-hybridized carbons (Fsp3) is 0.750. The molecule has 0 spiro atoms. The molecular formula is C8H12FNO4. The van der Waals surface area contributed by atoms with E-state index < -0.39 is 30.1 Å². The molecule has 0 aromatic carbocycles. The summed E-state index contributed by atoms with van der Waals surface area (Å²) in [6.45, 7) is -0.0372. The van der Waals surface area contributed by atoms with Crippen molar-refractivity contribution in [2.24, 2.45) is 5.92 Å². The lowest BCUT2D eigenvalue weighted by Crippen LogP contribution is -2.53. The Morgan fingerprint density at radius 3 is 2.71 bits per heavy atom. The van der Waals surface area contributed by atoms with Gasteiger partial charge in [0.15, 0.2) is 0 Å². The highest BCUT2D eigenvalue weighted by Gasteiger charge is 2.39. The third-order valence-corrected chi connectivity index (χ3v) is 2.24. The Bertz CT molecular complexity index is 245. The molecule has 80 valence electrons. The number of ether oxygens (including phenoxy) is 1. The number of rotatable bonds is 2. The molecule has 1 heterocycles. The lowest BCUT2D eigenvalue weighted by Gasteiger charge is -2.29. The minimum atomic E-state index is -1.20. The van der Waals surface area contributed by atoms with Gasteiger partial charge >= 0.3 is 11.9 Å². The average Bonchev–Trinajstić information content (AvgIpc) is 2.16. The van der Waals surface area contributed by atoms with E-state index >= 15 is 0 Å². The summed E-state index contributed by atoms with van der Waals surface area (Å²) in [6.07, 6.45) is -1.30. The van der Waals surface area contributed by atoms with Crippen molar-refractivity contribution in [1.82, 2.24) is 5.32 Å². The first-order valence-electron chi connectivity index (χ1n) is 4.24. The molecule has 0 aromatic rings. The summed E-state index contributed by atoms with van der Waals surface area (Å²) in [4.78, 5) is 21.8. The minimum absolute atomic E-state index is 0.0372. The lowest BCUT2D eigenvalue weighted by molar-refractivity contribution is -0.155. The number of aliphatic carboxylic acids is 1. The van der Waals surface area contributed by atoms with Crippen LogP contribution in [0.1, 0.15) is 6.42 Å². The van der Waals surface area contributed by atoms with Crippen LogP contribution in [-0.4, -0.2) is 42.9 Å². The van der Waals surface area contributed by atoms with E-state index in [0.29, 0.717) is 0 Å². The Kier molecular flexibility index (Phi) is 3.40. The van der Waals surface area contributed by atoms with E-state index in [1.165, 1.54) is 0 Å². The maximum Gasteiger partial charge on any atom is 0.321 e. The Labute approximate surface area is 80.2 Å². The summed E-state index contributed by atoms with van der Waals surface area (Å²) in [7, 11) is 1.16. The monoisotopic (exact) mass is 205 g/mol. The van der Waals surface area contributed by atoms with Crippen LogP contribution >= 0.6 is 0 Å². The van der Waals surface area contributed by atoms with Gasteiger partial charge in [-0.1, -0.05) is 0 Å².